The van der Waals surface area contributed by atoms with Gasteiger partial charge in [0, 0.05) is 31.3 Å². The lowest BCUT2D eigenvalue weighted by Gasteiger charge is -2.16. The number of aromatic hydroxyl groups is 1. The fraction of sp³-hybridized carbons (Fsp3) is 0.538. The fourth-order valence-electron chi connectivity index (χ4n) is 1.89. The molecule has 0 bridgehead atoms. The van der Waals surface area contributed by atoms with Gasteiger partial charge >= 0.3 is 0 Å². The van der Waals surface area contributed by atoms with Gasteiger partial charge < -0.3 is 24.6 Å². The van der Waals surface area contributed by atoms with Gasteiger partial charge in [-0.1, -0.05) is 6.92 Å². The summed E-state index contributed by atoms with van der Waals surface area (Å²) in [4.78, 5) is 0. The summed E-state index contributed by atoms with van der Waals surface area (Å²) in [5, 5.41) is 13.2. The Bertz CT molecular complexity index is 408. The van der Waals surface area contributed by atoms with E-state index in [1.807, 2.05) is 6.07 Å². The van der Waals surface area contributed by atoms with Gasteiger partial charge in [0.15, 0.2) is 11.5 Å². The lowest BCUT2D eigenvalue weighted by molar-refractivity contribution is 0.163. The highest BCUT2D eigenvalue weighted by molar-refractivity contribution is 5.51. The molecule has 5 nitrogen and oxygen atoms in total. The molecule has 1 aliphatic rings. The number of benzene rings is 1. The van der Waals surface area contributed by atoms with Crippen molar-refractivity contribution in [3.8, 4) is 17.2 Å². The van der Waals surface area contributed by atoms with Crippen molar-refractivity contribution in [2.45, 2.75) is 25.9 Å². The van der Waals surface area contributed by atoms with Crippen LogP contribution < -0.4 is 14.8 Å². The first-order valence-electron chi connectivity index (χ1n) is 6.08. The number of nitrogens with one attached hydrogen (secondary N) is 1. The Labute approximate surface area is 107 Å². The van der Waals surface area contributed by atoms with Gasteiger partial charge in [-0.15, -0.1) is 0 Å². The third-order valence-electron chi connectivity index (χ3n) is 3.02. The number of fused-ring (bicyclic) bond motifs is 1. The number of methoxy groups -OCH3 is 1. The third-order valence-corrected chi connectivity index (χ3v) is 3.02. The number of hydrogen-bond donors (Lipinski definition) is 2. The highest BCUT2D eigenvalue weighted by atomic mass is 16.7. The molecule has 1 unspecified atom stereocenters. The smallest absolute Gasteiger partial charge is 0.231 e. The van der Waals surface area contributed by atoms with E-state index in [9.17, 15) is 5.11 Å². The highest BCUT2D eigenvalue weighted by Crippen LogP contribution is 2.37. The minimum Gasteiger partial charge on any atom is -0.507 e. The molecule has 0 aromatic heterocycles. The van der Waals surface area contributed by atoms with Crippen LogP contribution in [0.5, 0.6) is 17.2 Å². The SMILES string of the molecule is CCC(COC)NCc1cc2c(cc1O)OCO2. The number of hydrogen-bond acceptors (Lipinski definition) is 5. The lowest BCUT2D eigenvalue weighted by atomic mass is 10.1. The van der Waals surface area contributed by atoms with Gasteiger partial charge in [0.05, 0.1) is 6.61 Å². The van der Waals surface area contributed by atoms with Crippen molar-refractivity contribution in [1.29, 1.82) is 0 Å². The zero-order valence-corrected chi connectivity index (χ0v) is 10.7. The fourth-order valence-corrected chi connectivity index (χ4v) is 1.89. The van der Waals surface area contributed by atoms with Crippen LogP contribution in [0.3, 0.4) is 0 Å². The first-order chi connectivity index (χ1) is 8.74. The zero-order valence-electron chi connectivity index (χ0n) is 10.7. The van der Waals surface area contributed by atoms with Gasteiger partial charge in [0.1, 0.15) is 5.75 Å². The van der Waals surface area contributed by atoms with Crippen LogP contribution in [0.1, 0.15) is 18.9 Å². The number of phenols is 1. The summed E-state index contributed by atoms with van der Waals surface area (Å²) >= 11 is 0. The average Bonchev–Trinajstić information content (AvgIpc) is 2.81. The van der Waals surface area contributed by atoms with Crippen LogP contribution in [-0.2, 0) is 11.3 Å². The summed E-state index contributed by atoms with van der Waals surface area (Å²) in [5.74, 6) is 1.50. The summed E-state index contributed by atoms with van der Waals surface area (Å²) < 4.78 is 15.6. The van der Waals surface area contributed by atoms with Gasteiger partial charge in [0.2, 0.25) is 6.79 Å². The maximum atomic E-state index is 9.88. The molecule has 1 aromatic carbocycles. The molecule has 1 atom stereocenters. The molecule has 0 spiro atoms. The molecule has 2 rings (SSSR count). The molecule has 0 saturated carbocycles. The molecule has 1 aliphatic heterocycles. The van der Waals surface area contributed by atoms with Crippen LogP contribution in [0.2, 0.25) is 0 Å². The topological polar surface area (TPSA) is 60.0 Å². The molecule has 100 valence electrons. The molecule has 0 saturated heterocycles. The van der Waals surface area contributed by atoms with E-state index >= 15 is 0 Å². The molecule has 18 heavy (non-hydrogen) atoms. The quantitative estimate of drug-likeness (QED) is 0.807. The molecule has 5 heteroatoms. The molecule has 0 amide bonds. The largest absolute Gasteiger partial charge is 0.507 e. The third kappa shape index (κ3) is 2.86. The average molecular weight is 253 g/mol. The van der Waals surface area contributed by atoms with Gasteiger partial charge in [-0.3, -0.25) is 0 Å². The molecule has 0 fully saturated rings. The van der Waals surface area contributed by atoms with E-state index in [0.29, 0.717) is 24.7 Å². The van der Waals surface area contributed by atoms with Gasteiger partial charge in [0.25, 0.3) is 0 Å². The van der Waals surface area contributed by atoms with Crippen molar-refractivity contribution in [2.24, 2.45) is 0 Å². The van der Waals surface area contributed by atoms with E-state index in [-0.39, 0.29) is 18.6 Å². The Morgan fingerprint density at radius 2 is 2.11 bits per heavy atom. The standard InChI is InChI=1S/C13H19NO4/c1-3-10(7-16-2)14-6-9-4-12-13(5-11(9)15)18-8-17-12/h4-5,10,14-15H,3,6-8H2,1-2H3. The second-order valence-corrected chi connectivity index (χ2v) is 4.28. The van der Waals surface area contributed by atoms with Crippen LogP contribution >= 0.6 is 0 Å². The van der Waals surface area contributed by atoms with Crippen molar-refractivity contribution in [3.05, 3.63) is 17.7 Å². The number of rotatable bonds is 6. The summed E-state index contributed by atoms with van der Waals surface area (Å²) in [5.41, 5.74) is 0.800. The first kappa shape index (κ1) is 13.0. The normalized spacial score (nSPS) is 14.8. The molecule has 1 heterocycles. The lowest BCUT2D eigenvalue weighted by Crippen LogP contribution is -2.32. The van der Waals surface area contributed by atoms with E-state index in [1.165, 1.54) is 0 Å². The van der Waals surface area contributed by atoms with E-state index in [0.717, 1.165) is 12.0 Å². The van der Waals surface area contributed by atoms with Crippen molar-refractivity contribution >= 4 is 0 Å². The van der Waals surface area contributed by atoms with Crippen LogP contribution in [0.25, 0.3) is 0 Å². The van der Waals surface area contributed by atoms with Gasteiger partial charge in [-0.05, 0) is 12.5 Å². The molecule has 0 aliphatic carbocycles. The summed E-state index contributed by atoms with van der Waals surface area (Å²) in [6.07, 6.45) is 0.971. The van der Waals surface area contributed by atoms with Crippen LogP contribution in [0, 0.1) is 0 Å². The molecule has 0 radical (unpaired) electrons. The van der Waals surface area contributed by atoms with E-state index in [1.54, 1.807) is 13.2 Å². The van der Waals surface area contributed by atoms with Crippen LogP contribution in [-0.4, -0.2) is 31.7 Å². The second-order valence-electron chi connectivity index (χ2n) is 4.28. The van der Waals surface area contributed by atoms with Crippen LogP contribution in [0.4, 0.5) is 0 Å². The van der Waals surface area contributed by atoms with Crippen molar-refractivity contribution in [3.63, 3.8) is 0 Å². The summed E-state index contributed by atoms with van der Waals surface area (Å²) in [6.45, 7) is 3.54. The highest BCUT2D eigenvalue weighted by Gasteiger charge is 2.17. The molecular formula is C13H19NO4. The monoisotopic (exact) mass is 253 g/mol. The first-order valence-corrected chi connectivity index (χ1v) is 6.08. The van der Waals surface area contributed by atoms with Gasteiger partial charge in [-0.2, -0.15) is 0 Å². The molecule has 1 aromatic rings. The minimum atomic E-state index is 0.215. The number of phenolic OH excluding ortho intramolecular Hbond substituents is 1. The minimum absolute atomic E-state index is 0.215. The summed E-state index contributed by atoms with van der Waals surface area (Å²) in [6, 6.07) is 3.68. The van der Waals surface area contributed by atoms with E-state index in [2.05, 4.69) is 12.2 Å². The Balaban J connectivity index is 2.01. The summed E-state index contributed by atoms with van der Waals surface area (Å²) in [7, 11) is 1.68. The van der Waals surface area contributed by atoms with E-state index in [4.69, 9.17) is 14.2 Å². The maximum Gasteiger partial charge on any atom is 0.231 e. The van der Waals surface area contributed by atoms with E-state index < -0.39 is 0 Å². The predicted octanol–water partition coefficient (Wildman–Crippen LogP) is 1.64. The Morgan fingerprint density at radius 3 is 2.78 bits per heavy atom. The predicted molar refractivity (Wildman–Crippen MR) is 67.0 cm³/mol. The zero-order chi connectivity index (χ0) is 13.0. The van der Waals surface area contributed by atoms with Crippen molar-refractivity contribution < 1.29 is 19.3 Å². The molecular weight excluding hydrogens is 234 g/mol. The number of ether oxygens (including phenoxy) is 3. The molecule has 2 N–H and O–H groups in total. The van der Waals surface area contributed by atoms with Crippen LogP contribution in [0.15, 0.2) is 12.1 Å². The Morgan fingerprint density at radius 1 is 1.39 bits per heavy atom. The Hall–Kier alpha value is -1.46. The maximum absolute atomic E-state index is 9.88. The Kier molecular flexibility index (Phi) is 4.28. The van der Waals surface area contributed by atoms with Crippen molar-refractivity contribution in [1.82, 2.24) is 5.32 Å². The van der Waals surface area contributed by atoms with Gasteiger partial charge in [-0.25, -0.2) is 0 Å². The van der Waals surface area contributed by atoms with Crippen molar-refractivity contribution in [2.75, 3.05) is 20.5 Å². The second kappa shape index (κ2) is 5.93.